The van der Waals surface area contributed by atoms with Crippen molar-refractivity contribution in [1.82, 2.24) is 15.5 Å². The van der Waals surface area contributed by atoms with Crippen LogP contribution < -0.4 is 10.1 Å². The molecular formula is C15H20ClN3O2. The lowest BCUT2D eigenvalue weighted by molar-refractivity contribution is 0.175. The van der Waals surface area contributed by atoms with E-state index in [2.05, 4.69) is 22.4 Å². The van der Waals surface area contributed by atoms with Gasteiger partial charge in [0.15, 0.2) is 11.9 Å². The number of hydrogen-bond acceptors (Lipinski definition) is 5. The number of nitrogens with zero attached hydrogens (tertiary/aromatic N) is 2. The molecule has 6 heteroatoms. The normalized spacial score (nSPS) is 14.0. The summed E-state index contributed by atoms with van der Waals surface area (Å²) in [6.07, 6.45) is 0.355. The Bertz CT molecular complexity index is 600. The third kappa shape index (κ3) is 4.19. The number of halogens is 1. The molecule has 0 aliphatic heterocycles. The Morgan fingerprint density at radius 2 is 2.14 bits per heavy atom. The molecular weight excluding hydrogens is 290 g/mol. The minimum Gasteiger partial charge on any atom is -0.479 e. The molecule has 0 fully saturated rings. The highest BCUT2D eigenvalue weighted by Crippen LogP contribution is 2.29. The summed E-state index contributed by atoms with van der Waals surface area (Å²) in [5.41, 5.74) is 1.08. The summed E-state index contributed by atoms with van der Waals surface area (Å²) in [6, 6.07) is 5.92. The second-order valence-electron chi connectivity index (χ2n) is 5.14. The van der Waals surface area contributed by atoms with Gasteiger partial charge in [-0.15, -0.1) is 0 Å². The molecule has 0 saturated carbocycles. The fraction of sp³-hybridized carbons (Fsp3) is 0.467. The third-order valence-corrected chi connectivity index (χ3v) is 3.52. The molecule has 0 amide bonds. The number of rotatable bonds is 6. The Hall–Kier alpha value is -1.59. The number of hydrogen-bond donors (Lipinski definition) is 1. The molecule has 0 bridgehead atoms. The van der Waals surface area contributed by atoms with E-state index >= 15 is 0 Å². The van der Waals surface area contributed by atoms with Crippen LogP contribution in [0.4, 0.5) is 0 Å². The van der Waals surface area contributed by atoms with E-state index in [4.69, 9.17) is 20.9 Å². The molecule has 5 nitrogen and oxygen atoms in total. The Balaban J connectivity index is 2.06. The van der Waals surface area contributed by atoms with Crippen molar-refractivity contribution in [1.29, 1.82) is 0 Å². The molecule has 2 aromatic rings. The molecule has 1 heterocycles. The summed E-state index contributed by atoms with van der Waals surface area (Å²) in [6.45, 7) is 5.90. The second-order valence-corrected chi connectivity index (χ2v) is 5.54. The predicted molar refractivity (Wildman–Crippen MR) is 81.8 cm³/mol. The maximum atomic E-state index is 6.12. The first-order valence-electron chi connectivity index (χ1n) is 6.92. The van der Waals surface area contributed by atoms with E-state index < -0.39 is 0 Å². The fourth-order valence-corrected chi connectivity index (χ4v) is 2.00. The maximum absolute atomic E-state index is 6.12. The monoisotopic (exact) mass is 309 g/mol. The van der Waals surface area contributed by atoms with Crippen molar-refractivity contribution >= 4 is 11.6 Å². The molecule has 0 aliphatic carbocycles. The third-order valence-electron chi connectivity index (χ3n) is 3.20. The molecule has 1 aromatic carbocycles. The van der Waals surface area contributed by atoms with Gasteiger partial charge in [0.2, 0.25) is 0 Å². The first-order chi connectivity index (χ1) is 9.99. The number of likely N-dealkylation sites (N-methyl/N-ethyl adjacent to an activating group) is 1. The van der Waals surface area contributed by atoms with E-state index in [1.165, 1.54) is 0 Å². The van der Waals surface area contributed by atoms with Crippen molar-refractivity contribution in [2.45, 2.75) is 39.3 Å². The zero-order chi connectivity index (χ0) is 15.4. The van der Waals surface area contributed by atoms with Gasteiger partial charge in [0.25, 0.3) is 5.89 Å². The van der Waals surface area contributed by atoms with Crippen molar-refractivity contribution < 1.29 is 9.26 Å². The lowest BCUT2D eigenvalue weighted by Gasteiger charge is -2.12. The minimum atomic E-state index is -0.351. The number of aromatic nitrogens is 2. The van der Waals surface area contributed by atoms with Gasteiger partial charge in [0.1, 0.15) is 5.75 Å². The second kappa shape index (κ2) is 6.91. The number of aryl methyl sites for hydroxylation is 1. The summed E-state index contributed by atoms with van der Waals surface area (Å²) in [7, 11) is 1.90. The van der Waals surface area contributed by atoms with Crippen LogP contribution in [0.15, 0.2) is 22.7 Å². The first-order valence-corrected chi connectivity index (χ1v) is 7.30. The zero-order valence-corrected chi connectivity index (χ0v) is 13.4. The van der Waals surface area contributed by atoms with Crippen LogP contribution in [-0.4, -0.2) is 23.2 Å². The molecule has 0 radical (unpaired) electrons. The lowest BCUT2D eigenvalue weighted by Crippen LogP contribution is -2.24. The fourth-order valence-electron chi connectivity index (χ4n) is 1.83. The molecule has 0 aliphatic rings. The molecule has 114 valence electrons. The molecule has 0 spiro atoms. The Morgan fingerprint density at radius 1 is 1.38 bits per heavy atom. The summed E-state index contributed by atoms with van der Waals surface area (Å²) in [5.74, 6) is 1.73. The predicted octanol–water partition coefficient (Wildman–Crippen LogP) is 3.32. The van der Waals surface area contributed by atoms with E-state index in [1.807, 2.05) is 39.1 Å². The average molecular weight is 310 g/mol. The molecule has 0 saturated heterocycles. The van der Waals surface area contributed by atoms with Crippen LogP contribution in [-0.2, 0) is 6.42 Å². The topological polar surface area (TPSA) is 60.2 Å². The van der Waals surface area contributed by atoms with Crippen molar-refractivity contribution in [2.75, 3.05) is 7.05 Å². The van der Waals surface area contributed by atoms with Gasteiger partial charge in [-0.05, 0) is 45.5 Å². The van der Waals surface area contributed by atoms with Crippen LogP contribution in [0.5, 0.6) is 5.75 Å². The van der Waals surface area contributed by atoms with Gasteiger partial charge in [-0.25, -0.2) is 0 Å². The lowest BCUT2D eigenvalue weighted by atomic mass is 10.2. The Kier molecular flexibility index (Phi) is 5.20. The highest BCUT2D eigenvalue weighted by atomic mass is 35.5. The van der Waals surface area contributed by atoms with Crippen LogP contribution in [0.1, 0.15) is 37.2 Å². The molecule has 2 unspecified atom stereocenters. The van der Waals surface area contributed by atoms with E-state index in [1.54, 1.807) is 0 Å². The molecule has 1 aromatic heterocycles. The van der Waals surface area contributed by atoms with Crippen LogP contribution in [0, 0.1) is 6.92 Å². The van der Waals surface area contributed by atoms with E-state index in [0.717, 1.165) is 5.56 Å². The van der Waals surface area contributed by atoms with Crippen molar-refractivity contribution in [3.05, 3.63) is 40.5 Å². The van der Waals surface area contributed by atoms with Crippen molar-refractivity contribution in [3.8, 4) is 5.75 Å². The standard InChI is InChI=1S/C15H20ClN3O2/c1-9-5-6-12(16)13(7-9)20-11(3)15-18-14(19-21-15)8-10(2)17-4/h5-7,10-11,17H,8H2,1-4H3. The van der Waals surface area contributed by atoms with Crippen molar-refractivity contribution in [3.63, 3.8) is 0 Å². The smallest absolute Gasteiger partial charge is 0.267 e. The average Bonchev–Trinajstić information content (AvgIpc) is 2.91. The summed E-state index contributed by atoms with van der Waals surface area (Å²) >= 11 is 6.12. The highest BCUT2D eigenvalue weighted by Gasteiger charge is 2.18. The molecule has 21 heavy (non-hydrogen) atoms. The molecule has 2 atom stereocenters. The summed E-state index contributed by atoms with van der Waals surface area (Å²) in [4.78, 5) is 4.36. The largest absolute Gasteiger partial charge is 0.479 e. The molecule has 1 N–H and O–H groups in total. The van der Waals surface area contributed by atoms with Crippen LogP contribution in [0.25, 0.3) is 0 Å². The van der Waals surface area contributed by atoms with Crippen LogP contribution in [0.2, 0.25) is 5.02 Å². The summed E-state index contributed by atoms with van der Waals surface area (Å²) < 4.78 is 11.1. The van der Waals surface area contributed by atoms with Crippen molar-refractivity contribution in [2.24, 2.45) is 0 Å². The van der Waals surface area contributed by atoms with E-state index in [-0.39, 0.29) is 12.1 Å². The van der Waals surface area contributed by atoms with Gasteiger partial charge < -0.3 is 14.6 Å². The Labute approximate surface area is 129 Å². The van der Waals surface area contributed by atoms with Crippen LogP contribution in [0.3, 0.4) is 0 Å². The highest BCUT2D eigenvalue weighted by molar-refractivity contribution is 6.32. The summed E-state index contributed by atoms with van der Waals surface area (Å²) in [5, 5.41) is 7.67. The Morgan fingerprint density at radius 3 is 2.86 bits per heavy atom. The SMILES string of the molecule is CNC(C)Cc1noc(C(C)Oc2cc(C)ccc2Cl)n1. The minimum absolute atomic E-state index is 0.290. The van der Waals surface area contributed by atoms with Gasteiger partial charge in [0.05, 0.1) is 5.02 Å². The number of benzene rings is 1. The van der Waals surface area contributed by atoms with Gasteiger partial charge >= 0.3 is 0 Å². The van der Waals surface area contributed by atoms with Gasteiger partial charge in [-0.1, -0.05) is 22.8 Å². The number of ether oxygens (including phenoxy) is 1. The van der Waals surface area contributed by atoms with E-state index in [0.29, 0.717) is 28.9 Å². The molecule has 2 rings (SSSR count). The van der Waals surface area contributed by atoms with Gasteiger partial charge in [0, 0.05) is 12.5 Å². The van der Waals surface area contributed by atoms with E-state index in [9.17, 15) is 0 Å². The van der Waals surface area contributed by atoms with Crippen LogP contribution >= 0.6 is 11.6 Å². The quantitative estimate of drug-likeness (QED) is 0.887. The zero-order valence-electron chi connectivity index (χ0n) is 12.7. The van der Waals surface area contributed by atoms with Gasteiger partial charge in [-0.3, -0.25) is 0 Å². The number of nitrogens with one attached hydrogen (secondary N) is 1. The van der Waals surface area contributed by atoms with Gasteiger partial charge in [-0.2, -0.15) is 4.98 Å². The first kappa shape index (κ1) is 15.8. The maximum Gasteiger partial charge on any atom is 0.267 e.